The summed E-state index contributed by atoms with van der Waals surface area (Å²) in [5.74, 6) is 0.927. The molecule has 2 aliphatic rings. The smallest absolute Gasteiger partial charge is 0.153 e. The van der Waals surface area contributed by atoms with Crippen molar-refractivity contribution in [3.05, 3.63) is 69.2 Å². The van der Waals surface area contributed by atoms with Crippen LogP contribution in [0.1, 0.15) is 5.56 Å². The van der Waals surface area contributed by atoms with Gasteiger partial charge in [0, 0.05) is 22.5 Å². The maximum Gasteiger partial charge on any atom is 0.153 e. The van der Waals surface area contributed by atoms with Gasteiger partial charge in [0.25, 0.3) is 0 Å². The van der Waals surface area contributed by atoms with Gasteiger partial charge in [-0.25, -0.2) is 4.99 Å². The first-order valence-corrected chi connectivity index (χ1v) is 9.02. The summed E-state index contributed by atoms with van der Waals surface area (Å²) in [4.78, 5) is 10.6. The Bertz CT molecular complexity index is 1270. The largest absolute Gasteiger partial charge is 0.489 e. The van der Waals surface area contributed by atoms with Crippen molar-refractivity contribution >= 4 is 22.7 Å². The SMILES string of the molecule is CN(C)CCOc1c2c(cc3c4c([nH]c13)=CC=CC4)N=c1ccccc1=2. The number of rotatable bonds is 4. The Labute approximate surface area is 151 Å². The lowest BCUT2D eigenvalue weighted by atomic mass is 10.0. The molecule has 0 atom stereocenters. The van der Waals surface area contributed by atoms with Gasteiger partial charge in [0.1, 0.15) is 6.61 Å². The van der Waals surface area contributed by atoms with Gasteiger partial charge in [0.05, 0.1) is 21.8 Å². The van der Waals surface area contributed by atoms with E-state index in [2.05, 4.69) is 66.5 Å². The molecule has 4 nitrogen and oxygen atoms in total. The number of para-hydroxylation sites is 1. The zero-order valence-electron chi connectivity index (χ0n) is 15.0. The predicted octanol–water partition coefficient (Wildman–Crippen LogP) is 2.55. The molecule has 0 unspecified atom stereocenters. The second-order valence-corrected chi connectivity index (χ2v) is 7.12. The van der Waals surface area contributed by atoms with Crippen LogP contribution in [0.15, 0.2) is 47.5 Å². The van der Waals surface area contributed by atoms with Crippen molar-refractivity contribution in [1.82, 2.24) is 9.88 Å². The molecule has 130 valence electrons. The highest BCUT2D eigenvalue weighted by Gasteiger charge is 2.18. The highest BCUT2D eigenvalue weighted by molar-refractivity contribution is 5.92. The van der Waals surface area contributed by atoms with Gasteiger partial charge in [-0.2, -0.15) is 0 Å². The number of H-pyrrole nitrogens is 1. The van der Waals surface area contributed by atoms with Gasteiger partial charge in [0.2, 0.25) is 0 Å². The summed E-state index contributed by atoms with van der Waals surface area (Å²) >= 11 is 0. The Kier molecular flexibility index (Phi) is 3.47. The second-order valence-electron chi connectivity index (χ2n) is 7.12. The van der Waals surface area contributed by atoms with Crippen LogP contribution in [-0.2, 0) is 6.42 Å². The van der Waals surface area contributed by atoms with Crippen LogP contribution in [0.4, 0.5) is 5.69 Å². The maximum atomic E-state index is 6.34. The van der Waals surface area contributed by atoms with Gasteiger partial charge in [-0.3, -0.25) is 0 Å². The van der Waals surface area contributed by atoms with Gasteiger partial charge in [-0.1, -0.05) is 30.4 Å². The third-order valence-corrected chi connectivity index (χ3v) is 5.09. The van der Waals surface area contributed by atoms with Gasteiger partial charge in [-0.05, 0) is 44.3 Å². The van der Waals surface area contributed by atoms with Crippen molar-refractivity contribution < 1.29 is 4.74 Å². The molecule has 0 amide bonds. The molecule has 0 spiro atoms. The Morgan fingerprint density at radius 2 is 2.12 bits per heavy atom. The van der Waals surface area contributed by atoms with Gasteiger partial charge < -0.3 is 14.6 Å². The van der Waals surface area contributed by atoms with Gasteiger partial charge in [-0.15, -0.1) is 0 Å². The summed E-state index contributed by atoms with van der Waals surface area (Å²) in [6.07, 6.45) is 7.38. The van der Waals surface area contributed by atoms with Crippen molar-refractivity contribution in [3.8, 4) is 5.75 Å². The molecule has 1 aliphatic heterocycles. The Hall–Kier alpha value is -2.85. The number of fused-ring (bicyclic) bond motifs is 5. The summed E-state index contributed by atoms with van der Waals surface area (Å²) in [6, 6.07) is 10.5. The molecule has 1 N–H and O–H groups in total. The summed E-state index contributed by atoms with van der Waals surface area (Å²) in [7, 11) is 4.12. The predicted molar refractivity (Wildman–Crippen MR) is 104 cm³/mol. The van der Waals surface area contributed by atoms with E-state index >= 15 is 0 Å². The molecule has 0 radical (unpaired) electrons. The van der Waals surface area contributed by atoms with E-state index in [1.165, 1.54) is 16.3 Å². The monoisotopic (exact) mass is 343 g/mol. The summed E-state index contributed by atoms with van der Waals surface area (Å²) < 4.78 is 6.34. The standard InChI is InChI=1S/C22H21N3O/c1-25(2)11-12-26-22-20-15-8-4-6-10-18(15)23-19(20)13-16-14-7-3-5-9-17(14)24-21(16)22/h3-6,8-10,13,24H,7,11-12H2,1-2H3. The fourth-order valence-corrected chi connectivity index (χ4v) is 3.81. The molecule has 2 heterocycles. The van der Waals surface area contributed by atoms with Crippen LogP contribution < -0.4 is 15.4 Å². The number of benzene rings is 2. The molecule has 3 aromatic rings. The van der Waals surface area contributed by atoms with E-state index in [0.717, 1.165) is 45.7 Å². The van der Waals surface area contributed by atoms with Crippen LogP contribution in [0.3, 0.4) is 0 Å². The van der Waals surface area contributed by atoms with E-state index in [4.69, 9.17) is 9.73 Å². The Balaban J connectivity index is 1.84. The van der Waals surface area contributed by atoms with Crippen LogP contribution in [0.25, 0.3) is 17.0 Å². The first kappa shape index (κ1) is 15.4. The molecule has 5 rings (SSSR count). The quantitative estimate of drug-likeness (QED) is 0.619. The topological polar surface area (TPSA) is 40.6 Å². The molecular weight excluding hydrogens is 322 g/mol. The highest BCUT2D eigenvalue weighted by atomic mass is 16.5. The van der Waals surface area contributed by atoms with Crippen molar-refractivity contribution in [2.45, 2.75) is 6.42 Å². The van der Waals surface area contributed by atoms with E-state index in [0.29, 0.717) is 6.61 Å². The molecule has 0 fully saturated rings. The minimum Gasteiger partial charge on any atom is -0.489 e. The lowest BCUT2D eigenvalue weighted by Gasteiger charge is -2.13. The molecule has 1 aliphatic carbocycles. The molecule has 1 aromatic heterocycles. The summed E-state index contributed by atoms with van der Waals surface area (Å²) in [6.45, 7) is 1.52. The molecule has 26 heavy (non-hydrogen) atoms. The van der Waals surface area contributed by atoms with Crippen LogP contribution in [0, 0.1) is 10.4 Å². The first-order chi connectivity index (χ1) is 12.7. The molecule has 4 heteroatoms. The molecule has 0 saturated carbocycles. The molecule has 2 aromatic carbocycles. The number of aromatic amines is 1. The van der Waals surface area contributed by atoms with Crippen LogP contribution in [0.5, 0.6) is 5.75 Å². The van der Waals surface area contributed by atoms with Crippen LogP contribution >= 0.6 is 0 Å². The van der Waals surface area contributed by atoms with Crippen molar-refractivity contribution in [2.75, 3.05) is 27.2 Å². The van der Waals surface area contributed by atoms with Gasteiger partial charge in [0.15, 0.2) is 5.75 Å². The zero-order valence-corrected chi connectivity index (χ0v) is 15.0. The van der Waals surface area contributed by atoms with Crippen molar-refractivity contribution in [3.63, 3.8) is 0 Å². The minimum absolute atomic E-state index is 0.645. The zero-order chi connectivity index (χ0) is 17.7. The van der Waals surface area contributed by atoms with E-state index in [9.17, 15) is 0 Å². The number of likely N-dealkylation sites (N-methyl/N-ethyl adjacent to an activating group) is 1. The van der Waals surface area contributed by atoms with Gasteiger partial charge >= 0.3 is 0 Å². The van der Waals surface area contributed by atoms with Crippen LogP contribution in [-0.4, -0.2) is 37.1 Å². The number of ether oxygens (including phenoxy) is 1. The Morgan fingerprint density at radius 3 is 3.00 bits per heavy atom. The van der Waals surface area contributed by atoms with E-state index in [1.54, 1.807) is 0 Å². The third-order valence-electron chi connectivity index (χ3n) is 5.09. The number of aromatic nitrogens is 1. The number of nitrogens with zero attached hydrogens (tertiary/aromatic N) is 2. The van der Waals surface area contributed by atoms with Crippen LogP contribution in [0.2, 0.25) is 0 Å². The first-order valence-electron chi connectivity index (χ1n) is 9.02. The average Bonchev–Trinajstić information content (AvgIpc) is 3.19. The summed E-state index contributed by atoms with van der Waals surface area (Å²) in [5, 5.41) is 5.68. The number of hydrogen-bond donors (Lipinski definition) is 1. The maximum absolute atomic E-state index is 6.34. The van der Waals surface area contributed by atoms with Crippen molar-refractivity contribution in [2.24, 2.45) is 4.99 Å². The fraction of sp³-hybridized carbons (Fsp3) is 0.227. The fourth-order valence-electron chi connectivity index (χ4n) is 3.81. The number of allylic oxidation sites excluding steroid dienone is 2. The van der Waals surface area contributed by atoms with E-state index in [-0.39, 0.29) is 0 Å². The van der Waals surface area contributed by atoms with E-state index < -0.39 is 0 Å². The average molecular weight is 343 g/mol. The highest BCUT2D eigenvalue weighted by Crippen LogP contribution is 2.35. The summed E-state index contributed by atoms with van der Waals surface area (Å²) in [5.41, 5.74) is 3.42. The number of nitrogens with one attached hydrogen (secondary N) is 1. The van der Waals surface area contributed by atoms with E-state index in [1.807, 2.05) is 6.07 Å². The number of hydrogen-bond acceptors (Lipinski definition) is 3. The molecule has 0 bridgehead atoms. The lowest BCUT2D eigenvalue weighted by molar-refractivity contribution is 0.262. The molecular formula is C22H21N3O. The Morgan fingerprint density at radius 1 is 1.23 bits per heavy atom. The van der Waals surface area contributed by atoms with Crippen molar-refractivity contribution in [1.29, 1.82) is 0 Å². The molecule has 0 saturated heterocycles. The lowest BCUT2D eigenvalue weighted by Crippen LogP contribution is -2.19. The second kappa shape index (κ2) is 5.85. The third kappa shape index (κ3) is 2.30. The minimum atomic E-state index is 0.645. The normalized spacial score (nSPS) is 14.0.